The Hall–Kier alpha value is -1.08. The smallest absolute Gasteiger partial charge is 0.334 e. The van der Waals surface area contributed by atoms with Gasteiger partial charge in [0.05, 0.1) is 11.5 Å². The summed E-state index contributed by atoms with van der Waals surface area (Å²) in [5.74, 6) is -1.28. The minimum absolute atomic E-state index is 0.497. The van der Waals surface area contributed by atoms with Crippen LogP contribution in [0, 0.1) is 16.7 Å². The number of rotatable bonds is 2. The largest absolute Gasteiger partial charge is 0.479 e. The van der Waals surface area contributed by atoms with Gasteiger partial charge in [0, 0.05) is 0 Å². The van der Waals surface area contributed by atoms with Crippen LogP contribution in [0.4, 0.5) is 0 Å². The van der Waals surface area contributed by atoms with E-state index in [0.29, 0.717) is 12.8 Å². The molecule has 1 unspecified atom stereocenters. The lowest BCUT2D eigenvalue weighted by molar-refractivity contribution is -0.153. The number of nitrogens with zero attached hydrogens (tertiary/aromatic N) is 1. The van der Waals surface area contributed by atoms with Crippen molar-refractivity contribution in [3.63, 3.8) is 0 Å². The minimum Gasteiger partial charge on any atom is -0.479 e. The summed E-state index contributed by atoms with van der Waals surface area (Å²) < 4.78 is 0. The summed E-state index contributed by atoms with van der Waals surface area (Å²) >= 11 is 0. The van der Waals surface area contributed by atoms with E-state index in [4.69, 9.17) is 10.4 Å². The van der Waals surface area contributed by atoms with Crippen LogP contribution in [0.3, 0.4) is 0 Å². The average Bonchev–Trinajstić information content (AvgIpc) is 2.17. The topological polar surface area (TPSA) is 81.3 Å². The number of carbonyl (C=O) groups is 1. The first-order valence-electron chi connectivity index (χ1n) is 5.44. The molecule has 0 spiro atoms. The standard InChI is InChI=1S/C11H17NO3/c12-8-11(9(13)10(14)15)6-4-2-1-3-5-7-11/h9,13H,1-7H2,(H,14,15). The van der Waals surface area contributed by atoms with E-state index in [0.717, 1.165) is 32.1 Å². The third-order valence-electron chi connectivity index (χ3n) is 3.23. The number of aliphatic hydroxyl groups excluding tert-OH is 1. The number of hydrogen-bond donors (Lipinski definition) is 2. The molecule has 84 valence electrons. The van der Waals surface area contributed by atoms with Crippen molar-refractivity contribution in [2.75, 3.05) is 0 Å². The molecule has 4 heteroatoms. The Morgan fingerprint density at radius 2 is 1.67 bits per heavy atom. The maximum atomic E-state index is 10.8. The summed E-state index contributed by atoms with van der Waals surface area (Å²) in [6.07, 6.45) is 4.31. The molecule has 4 nitrogen and oxygen atoms in total. The van der Waals surface area contributed by atoms with Crippen LogP contribution in [0.25, 0.3) is 0 Å². The second-order valence-electron chi connectivity index (χ2n) is 4.28. The minimum atomic E-state index is -1.54. The van der Waals surface area contributed by atoms with E-state index in [-0.39, 0.29) is 0 Å². The number of aliphatic hydroxyl groups is 1. The third kappa shape index (κ3) is 2.69. The summed E-state index contributed by atoms with van der Waals surface area (Å²) in [7, 11) is 0. The monoisotopic (exact) mass is 211 g/mol. The Labute approximate surface area is 89.5 Å². The van der Waals surface area contributed by atoms with E-state index in [9.17, 15) is 9.90 Å². The van der Waals surface area contributed by atoms with Gasteiger partial charge in [0.1, 0.15) is 0 Å². The number of carboxylic acids is 1. The van der Waals surface area contributed by atoms with Gasteiger partial charge in [-0.2, -0.15) is 5.26 Å². The quantitative estimate of drug-likeness (QED) is 0.728. The van der Waals surface area contributed by atoms with Gasteiger partial charge in [-0.3, -0.25) is 0 Å². The summed E-state index contributed by atoms with van der Waals surface area (Å²) in [5, 5.41) is 27.5. The first kappa shape index (κ1) is 12.0. The molecule has 0 aliphatic heterocycles. The first-order chi connectivity index (χ1) is 7.12. The van der Waals surface area contributed by atoms with Gasteiger partial charge in [0.15, 0.2) is 6.10 Å². The molecule has 1 aliphatic rings. The normalized spacial score (nSPS) is 23.2. The van der Waals surface area contributed by atoms with E-state index < -0.39 is 17.5 Å². The van der Waals surface area contributed by atoms with Crippen LogP contribution in [0.15, 0.2) is 0 Å². The molecule has 0 amide bonds. The molecule has 0 radical (unpaired) electrons. The molecule has 0 heterocycles. The van der Waals surface area contributed by atoms with Crippen molar-refractivity contribution in [2.24, 2.45) is 5.41 Å². The Bertz CT molecular complexity index is 261. The van der Waals surface area contributed by atoms with Crippen LogP contribution in [-0.2, 0) is 4.79 Å². The summed E-state index contributed by atoms with van der Waals surface area (Å²) in [5.41, 5.74) is -1.06. The lowest BCUT2D eigenvalue weighted by Crippen LogP contribution is -2.40. The van der Waals surface area contributed by atoms with Gasteiger partial charge >= 0.3 is 5.97 Å². The van der Waals surface area contributed by atoms with Gasteiger partial charge in [-0.15, -0.1) is 0 Å². The fourth-order valence-corrected chi connectivity index (χ4v) is 2.22. The molecular weight excluding hydrogens is 194 g/mol. The average molecular weight is 211 g/mol. The third-order valence-corrected chi connectivity index (χ3v) is 3.23. The van der Waals surface area contributed by atoms with Crippen LogP contribution in [-0.4, -0.2) is 22.3 Å². The van der Waals surface area contributed by atoms with E-state index in [1.54, 1.807) is 0 Å². The zero-order valence-corrected chi connectivity index (χ0v) is 8.78. The zero-order valence-electron chi connectivity index (χ0n) is 8.78. The molecule has 0 saturated heterocycles. The Morgan fingerprint density at radius 1 is 1.20 bits per heavy atom. The Balaban J connectivity index is 2.80. The molecule has 15 heavy (non-hydrogen) atoms. The maximum Gasteiger partial charge on any atom is 0.334 e. The predicted octanol–water partition coefficient (Wildman–Crippen LogP) is 1.69. The van der Waals surface area contributed by atoms with Crippen LogP contribution in [0.1, 0.15) is 44.9 Å². The molecule has 1 saturated carbocycles. The highest BCUT2D eigenvalue weighted by Crippen LogP contribution is 2.36. The summed E-state index contributed by atoms with van der Waals surface area (Å²) in [4.78, 5) is 10.8. The van der Waals surface area contributed by atoms with Crippen molar-refractivity contribution in [3.8, 4) is 6.07 Å². The lowest BCUT2D eigenvalue weighted by atomic mass is 9.73. The molecule has 1 aliphatic carbocycles. The Morgan fingerprint density at radius 3 is 2.07 bits per heavy atom. The second-order valence-corrected chi connectivity index (χ2v) is 4.28. The van der Waals surface area contributed by atoms with E-state index in [1.165, 1.54) is 0 Å². The van der Waals surface area contributed by atoms with E-state index in [1.807, 2.05) is 6.07 Å². The van der Waals surface area contributed by atoms with Crippen molar-refractivity contribution in [1.82, 2.24) is 0 Å². The van der Waals surface area contributed by atoms with Crippen LogP contribution >= 0.6 is 0 Å². The summed E-state index contributed by atoms with van der Waals surface area (Å²) in [6.45, 7) is 0. The molecular formula is C11H17NO3. The summed E-state index contributed by atoms with van der Waals surface area (Å²) in [6, 6.07) is 2.04. The zero-order chi connectivity index (χ0) is 11.3. The molecule has 1 rings (SSSR count). The number of nitriles is 1. The lowest BCUT2D eigenvalue weighted by Gasteiger charge is -2.30. The number of carboxylic acid groups (broad SMARTS) is 1. The molecule has 2 N–H and O–H groups in total. The van der Waals surface area contributed by atoms with Gasteiger partial charge < -0.3 is 10.2 Å². The van der Waals surface area contributed by atoms with Crippen LogP contribution in [0.2, 0.25) is 0 Å². The van der Waals surface area contributed by atoms with Crippen LogP contribution in [0.5, 0.6) is 0 Å². The van der Waals surface area contributed by atoms with Gasteiger partial charge in [0.2, 0.25) is 0 Å². The molecule has 0 bridgehead atoms. The molecule has 1 fully saturated rings. The fourth-order valence-electron chi connectivity index (χ4n) is 2.22. The van der Waals surface area contributed by atoms with E-state index >= 15 is 0 Å². The highest BCUT2D eigenvalue weighted by molar-refractivity contribution is 5.73. The van der Waals surface area contributed by atoms with Crippen molar-refractivity contribution in [1.29, 1.82) is 5.26 Å². The van der Waals surface area contributed by atoms with Gasteiger partial charge in [0.25, 0.3) is 0 Å². The van der Waals surface area contributed by atoms with Gasteiger partial charge in [-0.05, 0) is 12.8 Å². The fraction of sp³-hybridized carbons (Fsp3) is 0.818. The van der Waals surface area contributed by atoms with Crippen molar-refractivity contribution in [2.45, 2.75) is 51.0 Å². The van der Waals surface area contributed by atoms with Crippen molar-refractivity contribution in [3.05, 3.63) is 0 Å². The SMILES string of the molecule is N#CC1(C(O)C(=O)O)CCCCCCC1. The predicted molar refractivity (Wildman–Crippen MR) is 54.0 cm³/mol. The van der Waals surface area contributed by atoms with Crippen molar-refractivity contribution >= 4 is 5.97 Å². The van der Waals surface area contributed by atoms with Gasteiger partial charge in [-0.25, -0.2) is 4.79 Å². The molecule has 0 aromatic carbocycles. The molecule has 0 aromatic rings. The highest BCUT2D eigenvalue weighted by Gasteiger charge is 2.42. The number of hydrogen-bond acceptors (Lipinski definition) is 3. The van der Waals surface area contributed by atoms with Gasteiger partial charge in [-0.1, -0.05) is 32.1 Å². The van der Waals surface area contributed by atoms with Crippen molar-refractivity contribution < 1.29 is 15.0 Å². The molecule has 0 aromatic heterocycles. The maximum absolute atomic E-state index is 10.8. The molecule has 1 atom stereocenters. The Kier molecular flexibility index (Phi) is 4.10. The second kappa shape index (κ2) is 5.13. The van der Waals surface area contributed by atoms with Crippen LogP contribution < -0.4 is 0 Å². The van der Waals surface area contributed by atoms with E-state index in [2.05, 4.69) is 0 Å². The number of aliphatic carboxylic acids is 1. The highest BCUT2D eigenvalue weighted by atomic mass is 16.4. The first-order valence-corrected chi connectivity index (χ1v) is 5.44.